The van der Waals surface area contributed by atoms with Gasteiger partial charge in [-0.3, -0.25) is 4.79 Å². The van der Waals surface area contributed by atoms with E-state index in [-0.39, 0.29) is 17.7 Å². The smallest absolute Gasteiger partial charge is 0.341 e. The molecule has 1 amide bonds. The lowest BCUT2D eigenvalue weighted by Crippen LogP contribution is -2.42. The molecule has 1 heterocycles. The summed E-state index contributed by atoms with van der Waals surface area (Å²) in [7, 11) is 1.44. The van der Waals surface area contributed by atoms with Crippen molar-refractivity contribution in [1.29, 1.82) is 0 Å². The molecule has 0 fully saturated rings. The molecule has 1 atom stereocenters. The first-order valence-corrected chi connectivity index (χ1v) is 8.11. The fraction of sp³-hybridized carbons (Fsp3) is 0.263. The maximum atomic E-state index is 12.5. The van der Waals surface area contributed by atoms with Crippen LogP contribution in [0.1, 0.15) is 15.9 Å². The molecular formula is C19H19NO6. The second kappa shape index (κ2) is 7.77. The number of rotatable bonds is 6. The van der Waals surface area contributed by atoms with E-state index >= 15 is 0 Å². The predicted octanol–water partition coefficient (Wildman–Crippen LogP) is 1.89. The lowest BCUT2D eigenvalue weighted by Gasteiger charge is -2.26. The number of benzene rings is 2. The molecule has 0 radical (unpaired) electrons. The quantitative estimate of drug-likeness (QED) is 0.820. The predicted molar refractivity (Wildman–Crippen MR) is 93.0 cm³/mol. The fourth-order valence-electron chi connectivity index (χ4n) is 2.76. The summed E-state index contributed by atoms with van der Waals surface area (Å²) in [5.74, 6) is -0.00180. The maximum absolute atomic E-state index is 12.5. The lowest BCUT2D eigenvalue weighted by molar-refractivity contribution is -0.139. The minimum atomic E-state index is -1.11. The van der Waals surface area contributed by atoms with E-state index in [9.17, 15) is 9.59 Å². The van der Waals surface area contributed by atoms with E-state index in [1.165, 1.54) is 13.2 Å². The normalized spacial score (nSPS) is 15.3. The Morgan fingerprint density at radius 1 is 1.23 bits per heavy atom. The van der Waals surface area contributed by atoms with E-state index < -0.39 is 12.6 Å². The molecule has 0 aliphatic carbocycles. The first-order chi connectivity index (χ1) is 12.6. The van der Waals surface area contributed by atoms with Gasteiger partial charge in [0.2, 0.25) is 0 Å². The van der Waals surface area contributed by atoms with Crippen molar-refractivity contribution in [3.8, 4) is 17.2 Å². The van der Waals surface area contributed by atoms with Crippen molar-refractivity contribution >= 4 is 11.9 Å². The Labute approximate surface area is 150 Å². The zero-order valence-electron chi connectivity index (χ0n) is 14.2. The summed E-state index contributed by atoms with van der Waals surface area (Å²) in [6.45, 7) is -0.129. The summed E-state index contributed by atoms with van der Waals surface area (Å²) in [5.41, 5.74) is 1.40. The van der Waals surface area contributed by atoms with E-state index in [4.69, 9.17) is 19.3 Å². The van der Waals surface area contributed by atoms with Gasteiger partial charge < -0.3 is 24.6 Å². The van der Waals surface area contributed by atoms with Gasteiger partial charge in [0.25, 0.3) is 5.91 Å². The summed E-state index contributed by atoms with van der Waals surface area (Å²) in [6, 6.07) is 12.2. The van der Waals surface area contributed by atoms with Crippen LogP contribution in [0, 0.1) is 0 Å². The van der Waals surface area contributed by atoms with Gasteiger partial charge in [0.15, 0.2) is 18.1 Å². The number of carbonyl (C=O) groups is 2. The van der Waals surface area contributed by atoms with Crippen molar-refractivity contribution < 1.29 is 28.9 Å². The molecule has 136 valence electrons. The highest BCUT2D eigenvalue weighted by molar-refractivity contribution is 5.95. The molecule has 26 heavy (non-hydrogen) atoms. The monoisotopic (exact) mass is 357 g/mol. The van der Waals surface area contributed by atoms with E-state index in [1.54, 1.807) is 12.1 Å². The summed E-state index contributed by atoms with van der Waals surface area (Å²) in [4.78, 5) is 23.2. The Morgan fingerprint density at radius 3 is 2.81 bits per heavy atom. The van der Waals surface area contributed by atoms with Crippen LogP contribution in [-0.2, 0) is 11.2 Å². The summed E-state index contributed by atoms with van der Waals surface area (Å²) >= 11 is 0. The van der Waals surface area contributed by atoms with Crippen LogP contribution in [0.5, 0.6) is 17.2 Å². The highest BCUT2D eigenvalue weighted by atomic mass is 16.5. The minimum Gasteiger partial charge on any atom is -0.493 e. The standard InChI is InChI=1S/C19H19NO6/c1-24-16-7-6-13(9-17(16)26-11-18(21)22)19(23)20-14-8-12-4-2-3-5-15(12)25-10-14/h2-7,9,14H,8,10-11H2,1H3,(H,20,23)(H,21,22). The molecular weight excluding hydrogens is 338 g/mol. The average molecular weight is 357 g/mol. The zero-order valence-corrected chi connectivity index (χ0v) is 14.2. The van der Waals surface area contributed by atoms with Gasteiger partial charge in [0, 0.05) is 5.56 Å². The summed E-state index contributed by atoms with van der Waals surface area (Å²) in [5, 5.41) is 11.7. The van der Waals surface area contributed by atoms with Crippen LogP contribution in [0.15, 0.2) is 42.5 Å². The van der Waals surface area contributed by atoms with Crippen molar-refractivity contribution in [2.24, 2.45) is 0 Å². The van der Waals surface area contributed by atoms with Crippen LogP contribution in [0.25, 0.3) is 0 Å². The van der Waals surface area contributed by atoms with Gasteiger partial charge in [-0.2, -0.15) is 0 Å². The number of para-hydroxylation sites is 1. The molecule has 7 heteroatoms. The van der Waals surface area contributed by atoms with Gasteiger partial charge in [-0.15, -0.1) is 0 Å². The molecule has 0 bridgehead atoms. The molecule has 1 unspecified atom stereocenters. The molecule has 2 N–H and O–H groups in total. The third kappa shape index (κ3) is 4.05. The van der Waals surface area contributed by atoms with Crippen molar-refractivity contribution in [2.75, 3.05) is 20.3 Å². The number of nitrogens with one attached hydrogen (secondary N) is 1. The average Bonchev–Trinajstić information content (AvgIpc) is 2.66. The second-order valence-corrected chi connectivity index (χ2v) is 5.84. The molecule has 2 aromatic carbocycles. The van der Waals surface area contributed by atoms with E-state index in [2.05, 4.69) is 5.32 Å². The Bertz CT molecular complexity index is 819. The second-order valence-electron chi connectivity index (χ2n) is 5.84. The summed E-state index contributed by atoms with van der Waals surface area (Å²) < 4.78 is 16.0. The van der Waals surface area contributed by atoms with Crippen LogP contribution in [0.2, 0.25) is 0 Å². The topological polar surface area (TPSA) is 94.1 Å². The Hall–Kier alpha value is -3.22. The molecule has 3 rings (SSSR count). The number of aliphatic carboxylic acids is 1. The Morgan fingerprint density at radius 2 is 2.04 bits per heavy atom. The number of hydrogen-bond acceptors (Lipinski definition) is 5. The molecule has 1 aliphatic rings. The SMILES string of the molecule is COc1ccc(C(=O)NC2COc3ccccc3C2)cc1OCC(=O)O. The molecule has 0 spiro atoms. The lowest BCUT2D eigenvalue weighted by atomic mass is 10.0. The van der Waals surface area contributed by atoms with Gasteiger partial charge in [-0.25, -0.2) is 4.79 Å². The van der Waals surface area contributed by atoms with Crippen molar-refractivity contribution in [1.82, 2.24) is 5.32 Å². The number of fused-ring (bicyclic) bond motifs is 1. The number of carboxylic acid groups (broad SMARTS) is 1. The van der Waals surface area contributed by atoms with Crippen molar-refractivity contribution in [3.63, 3.8) is 0 Å². The first kappa shape index (κ1) is 17.6. The zero-order chi connectivity index (χ0) is 18.5. The number of carboxylic acids is 1. The molecule has 0 aromatic heterocycles. The number of carbonyl (C=O) groups excluding carboxylic acids is 1. The van der Waals surface area contributed by atoms with Crippen molar-refractivity contribution in [3.05, 3.63) is 53.6 Å². The highest BCUT2D eigenvalue weighted by Gasteiger charge is 2.22. The van der Waals surface area contributed by atoms with Crippen LogP contribution in [0.3, 0.4) is 0 Å². The maximum Gasteiger partial charge on any atom is 0.341 e. The number of methoxy groups -OCH3 is 1. The highest BCUT2D eigenvalue weighted by Crippen LogP contribution is 2.28. The molecule has 7 nitrogen and oxygen atoms in total. The Kier molecular flexibility index (Phi) is 5.26. The molecule has 2 aromatic rings. The molecule has 0 saturated carbocycles. The van der Waals surface area contributed by atoms with Gasteiger partial charge in [0.05, 0.1) is 13.2 Å². The van der Waals surface area contributed by atoms with Gasteiger partial charge in [-0.05, 0) is 36.2 Å². The third-order valence-corrected chi connectivity index (χ3v) is 3.99. The largest absolute Gasteiger partial charge is 0.493 e. The van der Waals surface area contributed by atoms with Crippen molar-refractivity contribution in [2.45, 2.75) is 12.5 Å². The third-order valence-electron chi connectivity index (χ3n) is 3.99. The van der Waals surface area contributed by atoms with Crippen LogP contribution < -0.4 is 19.5 Å². The van der Waals surface area contributed by atoms with Crippen LogP contribution in [-0.4, -0.2) is 43.3 Å². The van der Waals surface area contributed by atoms with Crippen LogP contribution in [0.4, 0.5) is 0 Å². The number of hydrogen-bond donors (Lipinski definition) is 2. The fourth-order valence-corrected chi connectivity index (χ4v) is 2.76. The van der Waals surface area contributed by atoms with Gasteiger partial charge >= 0.3 is 5.97 Å². The van der Waals surface area contributed by atoms with Gasteiger partial charge in [0.1, 0.15) is 12.4 Å². The minimum absolute atomic E-state index is 0.150. The van der Waals surface area contributed by atoms with E-state index in [0.717, 1.165) is 11.3 Å². The van der Waals surface area contributed by atoms with Gasteiger partial charge in [-0.1, -0.05) is 18.2 Å². The van der Waals surface area contributed by atoms with Crippen LogP contribution >= 0.6 is 0 Å². The Balaban J connectivity index is 1.70. The van der Waals surface area contributed by atoms with E-state index in [1.807, 2.05) is 24.3 Å². The summed E-state index contributed by atoms with van der Waals surface area (Å²) in [6.07, 6.45) is 0.681. The first-order valence-electron chi connectivity index (χ1n) is 8.11. The number of amides is 1. The van der Waals surface area contributed by atoms with E-state index in [0.29, 0.717) is 24.3 Å². The number of ether oxygens (including phenoxy) is 3. The molecule has 1 aliphatic heterocycles. The molecule has 0 saturated heterocycles.